The zero-order valence-electron chi connectivity index (χ0n) is 10.7. The molecule has 0 aromatic rings. The summed E-state index contributed by atoms with van der Waals surface area (Å²) in [6, 6.07) is 0.762. The quantitative estimate of drug-likeness (QED) is 0.689. The second-order valence-corrected chi connectivity index (χ2v) is 7.02. The number of rotatable bonds is 2. The van der Waals surface area contributed by atoms with Crippen LogP contribution in [-0.2, 0) is 4.79 Å². The highest BCUT2D eigenvalue weighted by Gasteiger charge is 2.40. The van der Waals surface area contributed by atoms with E-state index in [0.717, 1.165) is 24.5 Å². The summed E-state index contributed by atoms with van der Waals surface area (Å²) in [4.78, 5) is 12.2. The van der Waals surface area contributed by atoms with Gasteiger partial charge < -0.3 is 11.1 Å². The smallest absolute Gasteiger partial charge is 0.238 e. The molecular formula is C13H23N3OS. The monoisotopic (exact) mass is 269 g/mol. The first-order valence-electron chi connectivity index (χ1n) is 7.11. The van der Waals surface area contributed by atoms with E-state index < -0.39 is 0 Å². The Morgan fingerprint density at radius 2 is 2.00 bits per heavy atom. The highest BCUT2D eigenvalue weighted by molar-refractivity contribution is 7.99. The normalized spacial score (nSPS) is 43.7. The van der Waals surface area contributed by atoms with E-state index in [1.54, 1.807) is 11.8 Å². The second kappa shape index (κ2) is 5.39. The van der Waals surface area contributed by atoms with Gasteiger partial charge in [-0.15, -0.1) is 11.8 Å². The van der Waals surface area contributed by atoms with Crippen LogP contribution in [0.2, 0.25) is 0 Å². The molecule has 3 aliphatic rings. The molecule has 1 amide bonds. The minimum Gasteiger partial charge on any atom is -0.351 e. The van der Waals surface area contributed by atoms with Crippen molar-refractivity contribution in [2.75, 3.05) is 11.6 Å². The van der Waals surface area contributed by atoms with Crippen molar-refractivity contribution in [3.8, 4) is 0 Å². The molecule has 2 aliphatic carbocycles. The summed E-state index contributed by atoms with van der Waals surface area (Å²) in [6.45, 7) is 0. The number of carbonyl (C=O) groups excluding carboxylic acids is 1. The number of nitrogens with one attached hydrogen (secondary N) is 2. The summed E-state index contributed by atoms with van der Waals surface area (Å²) in [5.74, 6) is 3.25. The summed E-state index contributed by atoms with van der Waals surface area (Å²) in [5.41, 5.74) is 6.11. The highest BCUT2D eigenvalue weighted by Crippen LogP contribution is 2.39. The van der Waals surface area contributed by atoms with Crippen LogP contribution < -0.4 is 16.4 Å². The van der Waals surface area contributed by atoms with E-state index in [0.29, 0.717) is 23.9 Å². The molecule has 3 unspecified atom stereocenters. The van der Waals surface area contributed by atoms with Crippen LogP contribution in [0.4, 0.5) is 0 Å². The fourth-order valence-electron chi connectivity index (χ4n) is 3.85. The lowest BCUT2D eigenvalue weighted by atomic mass is 9.67. The van der Waals surface area contributed by atoms with Crippen molar-refractivity contribution in [3.63, 3.8) is 0 Å². The summed E-state index contributed by atoms with van der Waals surface area (Å²) >= 11 is 1.80. The molecule has 3 rings (SSSR count). The van der Waals surface area contributed by atoms with Crippen LogP contribution >= 0.6 is 11.8 Å². The first-order chi connectivity index (χ1) is 8.74. The van der Waals surface area contributed by atoms with E-state index in [4.69, 9.17) is 5.73 Å². The Hall–Kier alpha value is -0.260. The third-order valence-electron chi connectivity index (χ3n) is 4.72. The summed E-state index contributed by atoms with van der Waals surface area (Å²) < 4.78 is 0. The topological polar surface area (TPSA) is 67.1 Å². The first-order valence-corrected chi connectivity index (χ1v) is 8.26. The molecule has 0 spiro atoms. The lowest BCUT2D eigenvalue weighted by molar-refractivity contribution is -0.124. The minimum absolute atomic E-state index is 0.0197. The average Bonchev–Trinajstić information content (AvgIpc) is 2.83. The number of hydrogen-bond donors (Lipinski definition) is 3. The van der Waals surface area contributed by atoms with Crippen molar-refractivity contribution in [1.29, 1.82) is 0 Å². The van der Waals surface area contributed by atoms with Crippen LogP contribution in [0.5, 0.6) is 0 Å². The van der Waals surface area contributed by atoms with Crippen LogP contribution in [0.3, 0.4) is 0 Å². The molecule has 0 aromatic heterocycles. The molecule has 18 heavy (non-hydrogen) atoms. The second-order valence-electron chi connectivity index (χ2n) is 5.99. The fourth-order valence-corrected chi connectivity index (χ4v) is 4.80. The Morgan fingerprint density at radius 3 is 2.61 bits per heavy atom. The van der Waals surface area contributed by atoms with Gasteiger partial charge in [0.2, 0.25) is 5.91 Å². The number of amides is 1. The average molecular weight is 269 g/mol. The van der Waals surface area contributed by atoms with Gasteiger partial charge in [0, 0.05) is 23.7 Å². The molecule has 5 heteroatoms. The molecule has 3 atom stereocenters. The molecule has 1 saturated heterocycles. The zero-order valence-corrected chi connectivity index (χ0v) is 11.5. The molecule has 4 nitrogen and oxygen atoms in total. The molecular weight excluding hydrogens is 246 g/mol. The van der Waals surface area contributed by atoms with Crippen LogP contribution in [-0.4, -0.2) is 35.7 Å². The van der Waals surface area contributed by atoms with Crippen LogP contribution in [0, 0.1) is 11.8 Å². The van der Waals surface area contributed by atoms with Crippen molar-refractivity contribution in [2.24, 2.45) is 17.6 Å². The maximum atomic E-state index is 12.2. The first kappa shape index (κ1) is 12.8. The zero-order chi connectivity index (χ0) is 12.5. The lowest BCUT2D eigenvalue weighted by Gasteiger charge is -2.45. The van der Waals surface area contributed by atoms with E-state index in [1.165, 1.54) is 19.3 Å². The van der Waals surface area contributed by atoms with E-state index in [9.17, 15) is 4.79 Å². The third kappa shape index (κ3) is 2.53. The largest absolute Gasteiger partial charge is 0.351 e. The molecule has 4 N–H and O–H groups in total. The molecule has 3 fully saturated rings. The Morgan fingerprint density at radius 1 is 1.28 bits per heavy atom. The van der Waals surface area contributed by atoms with E-state index in [1.807, 2.05) is 0 Å². The van der Waals surface area contributed by atoms with Gasteiger partial charge in [-0.1, -0.05) is 6.42 Å². The van der Waals surface area contributed by atoms with Gasteiger partial charge in [-0.05, 0) is 37.5 Å². The lowest BCUT2D eigenvalue weighted by Crippen LogP contribution is -2.56. The summed E-state index contributed by atoms with van der Waals surface area (Å²) in [6.07, 6.45) is 5.97. The number of thioether (sulfide) groups is 1. The predicted molar refractivity (Wildman–Crippen MR) is 74.2 cm³/mol. The Bertz CT molecular complexity index is 305. The van der Waals surface area contributed by atoms with Crippen molar-refractivity contribution in [1.82, 2.24) is 10.6 Å². The number of nitrogens with two attached hydrogens (primary N) is 1. The molecule has 102 valence electrons. The minimum atomic E-state index is 0.0197. The van der Waals surface area contributed by atoms with Gasteiger partial charge in [0.25, 0.3) is 0 Å². The predicted octanol–water partition coefficient (Wildman–Crippen LogP) is 0.671. The van der Waals surface area contributed by atoms with Gasteiger partial charge in [-0.3, -0.25) is 10.1 Å². The van der Waals surface area contributed by atoms with Crippen LogP contribution in [0.1, 0.15) is 32.1 Å². The number of carbonyl (C=O) groups is 1. The van der Waals surface area contributed by atoms with Gasteiger partial charge in [-0.2, -0.15) is 0 Å². The van der Waals surface area contributed by atoms with Crippen LogP contribution in [0.15, 0.2) is 0 Å². The van der Waals surface area contributed by atoms with Crippen LogP contribution in [0.25, 0.3) is 0 Å². The summed E-state index contributed by atoms with van der Waals surface area (Å²) in [7, 11) is 0. The molecule has 2 bridgehead atoms. The van der Waals surface area contributed by atoms with Gasteiger partial charge in [0.1, 0.15) is 0 Å². The van der Waals surface area contributed by atoms with Crippen molar-refractivity contribution in [2.45, 2.75) is 50.2 Å². The standard InChI is InChI=1S/C13H23N3OS/c14-10-4-8-2-1-3-9(5-10)12(8)16-13(17)11-6-18-7-15-11/h8-12,15H,1-7,14H2,(H,16,17). The van der Waals surface area contributed by atoms with E-state index in [2.05, 4.69) is 10.6 Å². The highest BCUT2D eigenvalue weighted by atomic mass is 32.2. The van der Waals surface area contributed by atoms with Gasteiger partial charge in [0.05, 0.1) is 6.04 Å². The number of fused-ring (bicyclic) bond motifs is 2. The third-order valence-corrected chi connectivity index (χ3v) is 5.66. The molecule has 1 heterocycles. The van der Waals surface area contributed by atoms with Crippen molar-refractivity contribution >= 4 is 17.7 Å². The fraction of sp³-hybridized carbons (Fsp3) is 0.923. The summed E-state index contributed by atoms with van der Waals surface area (Å²) in [5, 5.41) is 6.56. The molecule has 1 aliphatic heterocycles. The van der Waals surface area contributed by atoms with Gasteiger partial charge in [-0.25, -0.2) is 0 Å². The molecule has 2 saturated carbocycles. The Kier molecular flexibility index (Phi) is 3.82. The molecule has 0 radical (unpaired) electrons. The van der Waals surface area contributed by atoms with Gasteiger partial charge >= 0.3 is 0 Å². The van der Waals surface area contributed by atoms with Crippen molar-refractivity contribution in [3.05, 3.63) is 0 Å². The van der Waals surface area contributed by atoms with E-state index >= 15 is 0 Å². The molecule has 0 aromatic carbocycles. The Labute approximate surface area is 113 Å². The number of hydrogen-bond acceptors (Lipinski definition) is 4. The maximum absolute atomic E-state index is 12.2. The Balaban J connectivity index is 1.62. The van der Waals surface area contributed by atoms with E-state index in [-0.39, 0.29) is 11.9 Å². The SMILES string of the molecule is NC1CC2CCCC(C1)C2NC(=O)C1CSCN1. The van der Waals surface area contributed by atoms with Gasteiger partial charge in [0.15, 0.2) is 0 Å². The van der Waals surface area contributed by atoms with Crippen molar-refractivity contribution < 1.29 is 4.79 Å². The maximum Gasteiger partial charge on any atom is 0.238 e.